The number of carbonyl (C=O) groups excluding carboxylic acids is 1. The molecule has 1 aromatic carbocycles. The number of carbonyl (C=O) groups is 1. The van der Waals surface area contributed by atoms with Gasteiger partial charge in [-0.3, -0.25) is 4.79 Å². The molecule has 19 heavy (non-hydrogen) atoms. The monoisotopic (exact) mass is 282 g/mol. The van der Waals surface area contributed by atoms with E-state index in [2.05, 4.69) is 5.32 Å². The molecule has 1 amide bonds. The van der Waals surface area contributed by atoms with E-state index in [1.54, 1.807) is 18.9 Å². The quantitative estimate of drug-likeness (QED) is 0.757. The maximum Gasteiger partial charge on any atom is 0.230 e. The molecule has 0 aliphatic carbocycles. The molecule has 0 heterocycles. The van der Waals surface area contributed by atoms with Crippen molar-refractivity contribution in [2.75, 3.05) is 26.0 Å². The number of amides is 1. The maximum absolute atomic E-state index is 11.6. The lowest BCUT2D eigenvalue weighted by Crippen LogP contribution is -2.28. The lowest BCUT2D eigenvalue weighted by molar-refractivity contribution is -0.118. The number of hydrogen-bond donors (Lipinski definition) is 2. The number of rotatable bonds is 8. The van der Waals surface area contributed by atoms with Gasteiger partial charge in [0, 0.05) is 18.3 Å². The van der Waals surface area contributed by atoms with Crippen molar-refractivity contribution in [3.05, 3.63) is 29.8 Å². The van der Waals surface area contributed by atoms with Gasteiger partial charge in [0.15, 0.2) is 0 Å². The van der Waals surface area contributed by atoms with Crippen molar-refractivity contribution in [3.63, 3.8) is 0 Å². The van der Waals surface area contributed by atoms with Crippen LogP contribution >= 0.6 is 11.8 Å². The van der Waals surface area contributed by atoms with Crippen LogP contribution in [0, 0.1) is 0 Å². The number of methoxy groups -OCH3 is 1. The highest BCUT2D eigenvalue weighted by atomic mass is 32.2. The second kappa shape index (κ2) is 8.82. The molecule has 0 saturated carbocycles. The van der Waals surface area contributed by atoms with E-state index in [0.717, 1.165) is 12.2 Å². The standard InChI is InChI=1S/C14H22N2O2S/c1-11(9-15)19-10-14(17)16-8-7-12-3-5-13(18-2)6-4-12/h3-6,11H,7-10,15H2,1-2H3,(H,16,17). The van der Waals surface area contributed by atoms with Gasteiger partial charge in [-0.05, 0) is 24.1 Å². The van der Waals surface area contributed by atoms with E-state index < -0.39 is 0 Å². The first kappa shape index (κ1) is 15.9. The molecule has 1 unspecified atom stereocenters. The Balaban J connectivity index is 2.20. The van der Waals surface area contributed by atoms with Gasteiger partial charge in [-0.2, -0.15) is 0 Å². The highest BCUT2D eigenvalue weighted by Crippen LogP contribution is 2.11. The van der Waals surface area contributed by atoms with E-state index in [4.69, 9.17) is 10.5 Å². The van der Waals surface area contributed by atoms with Crippen LogP contribution in [0.1, 0.15) is 12.5 Å². The number of nitrogens with one attached hydrogen (secondary N) is 1. The van der Waals surface area contributed by atoms with Crippen LogP contribution < -0.4 is 15.8 Å². The fraction of sp³-hybridized carbons (Fsp3) is 0.500. The number of hydrogen-bond acceptors (Lipinski definition) is 4. The Hall–Kier alpha value is -1.20. The zero-order valence-corrected chi connectivity index (χ0v) is 12.3. The van der Waals surface area contributed by atoms with Crippen LogP contribution in [0.5, 0.6) is 5.75 Å². The SMILES string of the molecule is COc1ccc(CCNC(=O)CSC(C)CN)cc1. The summed E-state index contributed by atoms with van der Waals surface area (Å²) in [6, 6.07) is 7.87. The molecule has 1 atom stereocenters. The molecule has 5 heteroatoms. The Bertz CT molecular complexity index is 382. The minimum atomic E-state index is 0.0683. The Morgan fingerprint density at radius 2 is 2.11 bits per heavy atom. The third kappa shape index (κ3) is 6.50. The van der Waals surface area contributed by atoms with E-state index in [9.17, 15) is 4.79 Å². The predicted molar refractivity (Wildman–Crippen MR) is 80.7 cm³/mol. The number of ether oxygens (including phenoxy) is 1. The number of benzene rings is 1. The third-order valence-electron chi connectivity index (χ3n) is 2.73. The summed E-state index contributed by atoms with van der Waals surface area (Å²) in [7, 11) is 1.65. The summed E-state index contributed by atoms with van der Waals surface area (Å²) in [5.41, 5.74) is 6.68. The lowest BCUT2D eigenvalue weighted by Gasteiger charge is -2.09. The van der Waals surface area contributed by atoms with Gasteiger partial charge in [-0.15, -0.1) is 11.8 Å². The van der Waals surface area contributed by atoms with Crippen LogP contribution in [0.4, 0.5) is 0 Å². The summed E-state index contributed by atoms with van der Waals surface area (Å²) in [5, 5.41) is 3.23. The summed E-state index contributed by atoms with van der Waals surface area (Å²) in [6.07, 6.45) is 0.826. The molecule has 0 aliphatic heterocycles. The van der Waals surface area contributed by atoms with Crippen LogP contribution in [0.2, 0.25) is 0 Å². The summed E-state index contributed by atoms with van der Waals surface area (Å²) >= 11 is 1.58. The van der Waals surface area contributed by atoms with Crippen molar-refractivity contribution < 1.29 is 9.53 Å². The number of nitrogens with two attached hydrogens (primary N) is 1. The first-order chi connectivity index (χ1) is 9.15. The predicted octanol–water partition coefficient (Wildman–Crippen LogP) is 1.43. The van der Waals surface area contributed by atoms with E-state index in [-0.39, 0.29) is 5.91 Å². The maximum atomic E-state index is 11.6. The average molecular weight is 282 g/mol. The molecule has 0 saturated heterocycles. The Morgan fingerprint density at radius 3 is 2.68 bits per heavy atom. The smallest absolute Gasteiger partial charge is 0.230 e. The van der Waals surface area contributed by atoms with Crippen molar-refractivity contribution in [2.24, 2.45) is 5.73 Å². The van der Waals surface area contributed by atoms with Crippen molar-refractivity contribution >= 4 is 17.7 Å². The molecule has 4 nitrogen and oxygen atoms in total. The summed E-state index contributed by atoms with van der Waals surface area (Å²) < 4.78 is 5.09. The molecule has 0 aliphatic rings. The zero-order chi connectivity index (χ0) is 14.1. The molecule has 106 valence electrons. The molecule has 0 bridgehead atoms. The molecular weight excluding hydrogens is 260 g/mol. The second-order valence-electron chi connectivity index (χ2n) is 4.31. The van der Waals surface area contributed by atoms with Gasteiger partial charge < -0.3 is 15.8 Å². The van der Waals surface area contributed by atoms with Gasteiger partial charge in [-0.1, -0.05) is 19.1 Å². The topological polar surface area (TPSA) is 64.3 Å². The minimum absolute atomic E-state index is 0.0683. The summed E-state index contributed by atoms with van der Waals surface area (Å²) in [5.74, 6) is 1.39. The van der Waals surface area contributed by atoms with Gasteiger partial charge in [0.25, 0.3) is 0 Å². The van der Waals surface area contributed by atoms with Crippen LogP contribution in [-0.4, -0.2) is 37.1 Å². The molecule has 0 aromatic heterocycles. The fourth-order valence-corrected chi connectivity index (χ4v) is 2.15. The summed E-state index contributed by atoms with van der Waals surface area (Å²) in [4.78, 5) is 11.6. The van der Waals surface area contributed by atoms with Crippen LogP contribution in [-0.2, 0) is 11.2 Å². The average Bonchev–Trinajstić information content (AvgIpc) is 2.45. The van der Waals surface area contributed by atoms with Crippen LogP contribution in [0.15, 0.2) is 24.3 Å². The molecule has 0 radical (unpaired) electrons. The van der Waals surface area contributed by atoms with Crippen molar-refractivity contribution in [2.45, 2.75) is 18.6 Å². The molecule has 0 spiro atoms. The second-order valence-corrected chi connectivity index (χ2v) is 5.73. The van der Waals surface area contributed by atoms with Gasteiger partial charge in [0.1, 0.15) is 5.75 Å². The van der Waals surface area contributed by atoms with E-state index >= 15 is 0 Å². The Labute approximate surface area is 119 Å². The third-order valence-corrected chi connectivity index (χ3v) is 3.92. The Kier molecular flexibility index (Phi) is 7.36. The zero-order valence-electron chi connectivity index (χ0n) is 11.5. The normalized spacial score (nSPS) is 11.9. The van der Waals surface area contributed by atoms with E-state index in [0.29, 0.717) is 24.1 Å². The highest BCUT2D eigenvalue weighted by molar-refractivity contribution is 8.00. The van der Waals surface area contributed by atoms with Crippen molar-refractivity contribution in [1.29, 1.82) is 0 Å². The van der Waals surface area contributed by atoms with Crippen molar-refractivity contribution in [3.8, 4) is 5.75 Å². The first-order valence-corrected chi connectivity index (χ1v) is 7.42. The lowest BCUT2D eigenvalue weighted by atomic mass is 10.1. The van der Waals surface area contributed by atoms with Crippen LogP contribution in [0.3, 0.4) is 0 Å². The van der Waals surface area contributed by atoms with E-state index in [1.807, 2.05) is 31.2 Å². The molecular formula is C14H22N2O2S. The Morgan fingerprint density at radius 1 is 1.42 bits per heavy atom. The van der Waals surface area contributed by atoms with Crippen LogP contribution in [0.25, 0.3) is 0 Å². The van der Waals surface area contributed by atoms with Gasteiger partial charge in [-0.25, -0.2) is 0 Å². The fourth-order valence-electron chi connectivity index (χ4n) is 1.48. The van der Waals surface area contributed by atoms with Crippen molar-refractivity contribution in [1.82, 2.24) is 5.32 Å². The van der Waals surface area contributed by atoms with E-state index in [1.165, 1.54) is 5.56 Å². The largest absolute Gasteiger partial charge is 0.497 e. The van der Waals surface area contributed by atoms with Gasteiger partial charge >= 0.3 is 0 Å². The molecule has 1 aromatic rings. The van der Waals surface area contributed by atoms with Gasteiger partial charge in [0.05, 0.1) is 12.9 Å². The minimum Gasteiger partial charge on any atom is -0.497 e. The van der Waals surface area contributed by atoms with Gasteiger partial charge in [0.2, 0.25) is 5.91 Å². The summed E-state index contributed by atoms with van der Waals surface area (Å²) in [6.45, 7) is 3.28. The molecule has 3 N–H and O–H groups in total. The number of thioether (sulfide) groups is 1. The molecule has 0 fully saturated rings. The molecule has 1 rings (SSSR count). The first-order valence-electron chi connectivity index (χ1n) is 6.37. The highest BCUT2D eigenvalue weighted by Gasteiger charge is 2.05.